The first kappa shape index (κ1) is 18.1. The monoisotopic (exact) mass is 353 g/mol. The summed E-state index contributed by atoms with van der Waals surface area (Å²) in [6.45, 7) is 5.90. The van der Waals surface area contributed by atoms with Crippen LogP contribution < -0.4 is 15.0 Å². The molecule has 0 spiro atoms. The Balaban J connectivity index is 1.47. The van der Waals surface area contributed by atoms with Crippen molar-refractivity contribution in [1.29, 1.82) is 0 Å². The Kier molecular flexibility index (Phi) is 6.00. The maximum atomic E-state index is 12.5. The summed E-state index contributed by atoms with van der Waals surface area (Å²) in [7, 11) is 1.69. The van der Waals surface area contributed by atoms with E-state index in [1.54, 1.807) is 7.11 Å². The molecule has 3 rings (SSSR count). The topological polar surface area (TPSA) is 44.8 Å². The Morgan fingerprint density at radius 1 is 1.04 bits per heavy atom. The van der Waals surface area contributed by atoms with E-state index < -0.39 is 0 Å². The average molecular weight is 353 g/mol. The molecule has 0 bridgehead atoms. The van der Waals surface area contributed by atoms with E-state index in [9.17, 15) is 4.79 Å². The van der Waals surface area contributed by atoms with E-state index in [1.165, 1.54) is 5.56 Å². The van der Waals surface area contributed by atoms with Crippen molar-refractivity contribution in [3.05, 3.63) is 54.1 Å². The summed E-state index contributed by atoms with van der Waals surface area (Å²) in [6, 6.07) is 16.2. The highest BCUT2D eigenvalue weighted by Gasteiger charge is 2.22. The molecule has 0 aliphatic carbocycles. The lowest BCUT2D eigenvalue weighted by Crippen LogP contribution is -2.49. The molecule has 26 heavy (non-hydrogen) atoms. The van der Waals surface area contributed by atoms with Crippen LogP contribution in [0.5, 0.6) is 5.75 Å². The Morgan fingerprint density at radius 3 is 2.46 bits per heavy atom. The number of hydrogen-bond donors (Lipinski definition) is 1. The molecule has 1 N–H and O–H groups in total. The Morgan fingerprint density at radius 2 is 1.73 bits per heavy atom. The lowest BCUT2D eigenvalue weighted by atomic mass is 10.2. The minimum Gasteiger partial charge on any atom is -0.495 e. The number of para-hydroxylation sites is 3. The third-order valence-corrected chi connectivity index (χ3v) is 4.86. The van der Waals surface area contributed by atoms with Gasteiger partial charge in [0.05, 0.1) is 12.8 Å². The lowest BCUT2D eigenvalue weighted by Gasteiger charge is -2.36. The van der Waals surface area contributed by atoms with E-state index in [0.717, 1.165) is 43.3 Å². The molecule has 1 aliphatic heterocycles. The van der Waals surface area contributed by atoms with Crippen molar-refractivity contribution in [2.24, 2.45) is 0 Å². The van der Waals surface area contributed by atoms with Crippen molar-refractivity contribution < 1.29 is 9.53 Å². The average Bonchev–Trinajstić information content (AvgIpc) is 2.69. The van der Waals surface area contributed by atoms with E-state index in [1.807, 2.05) is 41.3 Å². The summed E-state index contributed by atoms with van der Waals surface area (Å²) in [6.07, 6.45) is 0.517. The van der Waals surface area contributed by atoms with Crippen LogP contribution in [0.15, 0.2) is 48.5 Å². The van der Waals surface area contributed by atoms with Gasteiger partial charge in [0.15, 0.2) is 0 Å². The van der Waals surface area contributed by atoms with Crippen molar-refractivity contribution in [3.63, 3.8) is 0 Å². The van der Waals surface area contributed by atoms with E-state index >= 15 is 0 Å². The zero-order chi connectivity index (χ0) is 18.4. The van der Waals surface area contributed by atoms with Gasteiger partial charge in [0.25, 0.3) is 0 Å². The normalized spacial score (nSPS) is 14.2. The number of ether oxygens (including phenoxy) is 1. The zero-order valence-corrected chi connectivity index (χ0v) is 15.6. The minimum absolute atomic E-state index is 0.214. The first-order valence-electron chi connectivity index (χ1n) is 9.14. The van der Waals surface area contributed by atoms with Crippen LogP contribution in [0.2, 0.25) is 0 Å². The predicted octanol–water partition coefficient (Wildman–Crippen LogP) is 3.15. The number of anilines is 2. The summed E-state index contributed by atoms with van der Waals surface area (Å²) in [5.41, 5.74) is 3.40. The molecule has 5 nitrogen and oxygen atoms in total. The van der Waals surface area contributed by atoms with Crippen LogP contribution in [-0.2, 0) is 4.79 Å². The van der Waals surface area contributed by atoms with Crippen LogP contribution in [0, 0.1) is 6.92 Å². The van der Waals surface area contributed by atoms with Crippen LogP contribution in [0.1, 0.15) is 12.0 Å². The molecular weight excluding hydrogens is 326 g/mol. The molecule has 2 aromatic carbocycles. The lowest BCUT2D eigenvalue weighted by molar-refractivity contribution is -0.131. The van der Waals surface area contributed by atoms with Gasteiger partial charge in [-0.15, -0.1) is 0 Å². The number of piperazine rings is 1. The standard InChI is InChI=1S/C21H27N3O2/c1-17-7-3-4-8-18(17)22-12-11-21(25)24-15-13-23(14-16-24)19-9-5-6-10-20(19)26-2/h3-10,22H,11-16H2,1-2H3. The summed E-state index contributed by atoms with van der Waals surface area (Å²) in [5.74, 6) is 1.10. The summed E-state index contributed by atoms with van der Waals surface area (Å²) < 4.78 is 5.45. The second-order valence-corrected chi connectivity index (χ2v) is 6.53. The van der Waals surface area contributed by atoms with Crippen LogP contribution in [-0.4, -0.2) is 50.6 Å². The molecule has 1 fully saturated rings. The third-order valence-electron chi connectivity index (χ3n) is 4.86. The molecule has 0 saturated carbocycles. The number of rotatable bonds is 6. The zero-order valence-electron chi connectivity index (χ0n) is 15.6. The van der Waals surface area contributed by atoms with Gasteiger partial charge in [-0.25, -0.2) is 0 Å². The SMILES string of the molecule is COc1ccccc1N1CCN(C(=O)CCNc2ccccc2C)CC1. The van der Waals surface area contributed by atoms with Crippen molar-refractivity contribution in [2.45, 2.75) is 13.3 Å². The first-order chi connectivity index (χ1) is 12.7. The van der Waals surface area contributed by atoms with Gasteiger partial charge in [-0.2, -0.15) is 0 Å². The van der Waals surface area contributed by atoms with Gasteiger partial charge < -0.3 is 19.9 Å². The molecule has 5 heteroatoms. The molecule has 138 valence electrons. The Bertz CT molecular complexity index is 740. The fourth-order valence-electron chi connectivity index (χ4n) is 3.32. The third kappa shape index (κ3) is 4.28. The fraction of sp³-hybridized carbons (Fsp3) is 0.381. The number of amides is 1. The Labute approximate surface area is 155 Å². The van der Waals surface area contributed by atoms with Crippen molar-refractivity contribution in [1.82, 2.24) is 4.90 Å². The second kappa shape index (κ2) is 8.61. The maximum Gasteiger partial charge on any atom is 0.224 e. The largest absolute Gasteiger partial charge is 0.495 e. The van der Waals surface area contributed by atoms with Crippen molar-refractivity contribution >= 4 is 17.3 Å². The molecule has 0 aromatic heterocycles. The molecule has 0 unspecified atom stereocenters. The number of carbonyl (C=O) groups is 1. The summed E-state index contributed by atoms with van der Waals surface area (Å²) in [4.78, 5) is 16.7. The fourth-order valence-corrected chi connectivity index (χ4v) is 3.32. The van der Waals surface area contributed by atoms with Gasteiger partial charge in [0.2, 0.25) is 5.91 Å². The summed E-state index contributed by atoms with van der Waals surface area (Å²) >= 11 is 0. The van der Waals surface area contributed by atoms with Gasteiger partial charge in [-0.1, -0.05) is 30.3 Å². The van der Waals surface area contributed by atoms with Crippen molar-refractivity contribution in [3.8, 4) is 5.75 Å². The smallest absolute Gasteiger partial charge is 0.224 e. The number of nitrogens with one attached hydrogen (secondary N) is 1. The Hall–Kier alpha value is -2.69. The first-order valence-corrected chi connectivity index (χ1v) is 9.14. The number of benzene rings is 2. The quantitative estimate of drug-likeness (QED) is 0.866. The van der Waals surface area contributed by atoms with Crippen LogP contribution in [0.25, 0.3) is 0 Å². The van der Waals surface area contributed by atoms with Gasteiger partial charge in [0, 0.05) is 44.8 Å². The van der Waals surface area contributed by atoms with Gasteiger partial charge in [-0.05, 0) is 30.7 Å². The van der Waals surface area contributed by atoms with E-state index in [4.69, 9.17) is 4.74 Å². The van der Waals surface area contributed by atoms with Gasteiger partial charge in [0.1, 0.15) is 5.75 Å². The van der Waals surface area contributed by atoms with Gasteiger partial charge in [-0.3, -0.25) is 4.79 Å². The highest BCUT2D eigenvalue weighted by atomic mass is 16.5. The molecule has 2 aromatic rings. The van der Waals surface area contributed by atoms with Gasteiger partial charge >= 0.3 is 0 Å². The number of nitrogens with zero attached hydrogens (tertiary/aromatic N) is 2. The van der Waals surface area contributed by atoms with E-state index in [0.29, 0.717) is 13.0 Å². The molecule has 1 amide bonds. The predicted molar refractivity (Wildman–Crippen MR) is 106 cm³/mol. The van der Waals surface area contributed by atoms with Crippen LogP contribution in [0.4, 0.5) is 11.4 Å². The second-order valence-electron chi connectivity index (χ2n) is 6.53. The number of hydrogen-bond acceptors (Lipinski definition) is 4. The number of carbonyl (C=O) groups excluding carboxylic acids is 1. The van der Waals surface area contributed by atoms with E-state index in [-0.39, 0.29) is 5.91 Å². The molecular formula is C21H27N3O2. The number of aryl methyl sites for hydroxylation is 1. The molecule has 1 heterocycles. The molecule has 0 radical (unpaired) electrons. The molecule has 1 aliphatic rings. The van der Waals surface area contributed by atoms with Crippen LogP contribution in [0.3, 0.4) is 0 Å². The highest BCUT2D eigenvalue weighted by Crippen LogP contribution is 2.28. The molecule has 0 atom stereocenters. The summed E-state index contributed by atoms with van der Waals surface area (Å²) in [5, 5.41) is 3.36. The minimum atomic E-state index is 0.214. The molecule has 1 saturated heterocycles. The maximum absolute atomic E-state index is 12.5. The van der Waals surface area contributed by atoms with E-state index in [2.05, 4.69) is 29.3 Å². The highest BCUT2D eigenvalue weighted by molar-refractivity contribution is 5.77. The van der Waals surface area contributed by atoms with Crippen molar-refractivity contribution in [2.75, 3.05) is 50.1 Å². The number of methoxy groups -OCH3 is 1. The van der Waals surface area contributed by atoms with Crippen LogP contribution >= 0.6 is 0 Å².